The average Bonchev–Trinajstić information content (AvgIpc) is 3.17. The fraction of sp³-hybridized carbons (Fsp3) is 0.238. The van der Waals surface area contributed by atoms with E-state index in [4.69, 9.17) is 38.2 Å². The molecule has 5 N–H and O–H groups in total. The third-order valence-electron chi connectivity index (χ3n) is 5.24. The Bertz CT molecular complexity index is 1200. The highest BCUT2D eigenvalue weighted by molar-refractivity contribution is 6.34. The molecule has 0 bridgehead atoms. The zero-order chi connectivity index (χ0) is 22.1. The Morgan fingerprint density at radius 2 is 2.16 bits per heavy atom. The third kappa shape index (κ3) is 3.73. The number of aromatic nitrogens is 3. The summed E-state index contributed by atoms with van der Waals surface area (Å²) in [7, 11) is 0. The van der Waals surface area contributed by atoms with Gasteiger partial charge in [-0.05, 0) is 36.3 Å². The molecule has 1 aliphatic heterocycles. The van der Waals surface area contributed by atoms with Crippen molar-refractivity contribution in [2.24, 2.45) is 11.5 Å². The number of rotatable bonds is 5. The molecule has 0 radical (unpaired) electrons. The Balaban J connectivity index is 2.03. The molecule has 2 aromatic heterocycles. The Labute approximate surface area is 183 Å². The number of allylic oxidation sites excluding steroid dienone is 1. The van der Waals surface area contributed by atoms with E-state index in [1.54, 1.807) is 24.4 Å². The van der Waals surface area contributed by atoms with Crippen molar-refractivity contribution in [1.82, 2.24) is 14.8 Å². The highest BCUT2D eigenvalue weighted by Gasteiger charge is 2.25. The summed E-state index contributed by atoms with van der Waals surface area (Å²) in [5.74, 6) is 0.317. The number of nitrogens with one attached hydrogen (secondary N) is 1. The van der Waals surface area contributed by atoms with Crippen LogP contribution in [-0.4, -0.2) is 52.7 Å². The molecule has 3 heterocycles. The number of hydrogen-bond acceptors (Lipinski definition) is 7. The van der Waals surface area contributed by atoms with Gasteiger partial charge in [-0.2, -0.15) is 9.78 Å². The number of primary amides is 1. The molecule has 0 unspecified atom stereocenters. The molecule has 0 spiro atoms. The second-order valence-corrected chi connectivity index (χ2v) is 7.63. The number of carbonyl (C=O) groups is 1. The normalized spacial score (nSPS) is 17.2. The molecular formula is C21H22ClN7O2. The monoisotopic (exact) mass is 439 g/mol. The fourth-order valence-corrected chi connectivity index (χ4v) is 4.04. The number of nitrogens with zero attached hydrogens (tertiary/aromatic N) is 4. The number of hydrogen-bond donors (Lipinski definition) is 3. The van der Waals surface area contributed by atoms with E-state index < -0.39 is 5.91 Å². The number of nitrogens with two attached hydrogens (primary N) is 2. The van der Waals surface area contributed by atoms with Crippen molar-refractivity contribution in [1.29, 1.82) is 5.41 Å². The van der Waals surface area contributed by atoms with Crippen LogP contribution in [0.15, 0.2) is 36.5 Å². The van der Waals surface area contributed by atoms with Crippen LogP contribution in [-0.2, 0) is 4.74 Å². The van der Waals surface area contributed by atoms with E-state index in [9.17, 15) is 4.79 Å². The molecule has 160 valence electrons. The fourth-order valence-electron chi connectivity index (χ4n) is 3.77. The lowest BCUT2D eigenvalue weighted by Gasteiger charge is -2.34. The third-order valence-corrected chi connectivity index (χ3v) is 5.55. The van der Waals surface area contributed by atoms with Crippen molar-refractivity contribution < 1.29 is 9.53 Å². The average molecular weight is 440 g/mol. The number of pyridine rings is 1. The molecule has 1 aliphatic rings. The molecular weight excluding hydrogens is 418 g/mol. The number of halogens is 1. The summed E-state index contributed by atoms with van der Waals surface area (Å²) in [5.41, 5.74) is 13.8. The second-order valence-electron chi connectivity index (χ2n) is 7.22. The molecule has 0 saturated carbocycles. The molecule has 1 fully saturated rings. The maximum Gasteiger partial charge on any atom is 0.250 e. The molecule has 1 atom stereocenters. The van der Waals surface area contributed by atoms with Gasteiger partial charge < -0.3 is 26.5 Å². The van der Waals surface area contributed by atoms with Crippen LogP contribution >= 0.6 is 11.6 Å². The first-order valence-corrected chi connectivity index (χ1v) is 10.1. The number of fused-ring (bicyclic) bond motifs is 1. The first-order chi connectivity index (χ1) is 14.9. The number of carbonyl (C=O) groups excluding carboxylic acids is 1. The Hall–Kier alpha value is -3.43. The maximum absolute atomic E-state index is 12.2. The minimum atomic E-state index is -0.623. The van der Waals surface area contributed by atoms with E-state index >= 15 is 0 Å². The summed E-state index contributed by atoms with van der Waals surface area (Å²) in [4.78, 5) is 19.2. The highest BCUT2D eigenvalue weighted by Crippen LogP contribution is 2.36. The van der Waals surface area contributed by atoms with Crippen LogP contribution in [0.4, 0.5) is 5.82 Å². The molecule has 3 aromatic rings. The van der Waals surface area contributed by atoms with E-state index in [0.717, 1.165) is 6.21 Å². The summed E-state index contributed by atoms with van der Waals surface area (Å²) in [6.45, 7) is 3.88. The predicted molar refractivity (Wildman–Crippen MR) is 121 cm³/mol. The Kier molecular flexibility index (Phi) is 5.62. The van der Waals surface area contributed by atoms with Gasteiger partial charge in [0.05, 0.1) is 36.0 Å². The van der Waals surface area contributed by atoms with Crippen molar-refractivity contribution in [3.63, 3.8) is 0 Å². The van der Waals surface area contributed by atoms with Crippen LogP contribution in [0.5, 0.6) is 0 Å². The summed E-state index contributed by atoms with van der Waals surface area (Å²) in [6, 6.07) is 7.20. The minimum Gasteiger partial charge on any atom is -0.384 e. The van der Waals surface area contributed by atoms with Gasteiger partial charge in [0, 0.05) is 18.1 Å². The lowest BCUT2D eigenvalue weighted by Crippen LogP contribution is -2.44. The lowest BCUT2D eigenvalue weighted by atomic mass is 9.97. The van der Waals surface area contributed by atoms with Crippen LogP contribution in [0.25, 0.3) is 28.0 Å². The van der Waals surface area contributed by atoms with Crippen molar-refractivity contribution in [2.75, 3.05) is 24.7 Å². The number of amides is 1. The SMILES string of the molecule is C[C@@H]1COCCN1c1cc(-c2cccc(Cl)c2C(N)=O)c2cnn(/C(N)=C/C=N)c2n1. The van der Waals surface area contributed by atoms with E-state index in [-0.39, 0.29) is 22.4 Å². The summed E-state index contributed by atoms with van der Waals surface area (Å²) >= 11 is 6.32. The van der Waals surface area contributed by atoms with Gasteiger partial charge in [-0.15, -0.1) is 0 Å². The van der Waals surface area contributed by atoms with Crippen LogP contribution in [0.2, 0.25) is 5.02 Å². The van der Waals surface area contributed by atoms with Gasteiger partial charge in [-0.25, -0.2) is 4.98 Å². The number of benzene rings is 1. The van der Waals surface area contributed by atoms with Crippen LogP contribution in [0.3, 0.4) is 0 Å². The first kappa shape index (κ1) is 20.8. The molecule has 10 heteroatoms. The van der Waals surface area contributed by atoms with E-state index in [2.05, 4.69) is 16.9 Å². The summed E-state index contributed by atoms with van der Waals surface area (Å²) in [6.07, 6.45) is 4.13. The first-order valence-electron chi connectivity index (χ1n) is 9.70. The number of ether oxygens (including phenoxy) is 1. The smallest absolute Gasteiger partial charge is 0.250 e. The van der Waals surface area contributed by atoms with Crippen molar-refractivity contribution >= 4 is 46.4 Å². The van der Waals surface area contributed by atoms with Crippen LogP contribution < -0.4 is 16.4 Å². The van der Waals surface area contributed by atoms with Gasteiger partial charge in [0.15, 0.2) is 5.65 Å². The topological polar surface area (TPSA) is 136 Å². The maximum atomic E-state index is 12.2. The molecule has 1 aromatic carbocycles. The second kappa shape index (κ2) is 8.37. The Morgan fingerprint density at radius 3 is 2.87 bits per heavy atom. The predicted octanol–water partition coefficient (Wildman–Crippen LogP) is 2.48. The number of morpholine rings is 1. The van der Waals surface area contributed by atoms with Crippen molar-refractivity contribution in [3.8, 4) is 11.1 Å². The number of anilines is 1. The van der Waals surface area contributed by atoms with E-state index in [0.29, 0.717) is 47.7 Å². The van der Waals surface area contributed by atoms with Gasteiger partial charge in [0.2, 0.25) is 0 Å². The minimum absolute atomic E-state index is 0.104. The van der Waals surface area contributed by atoms with Gasteiger partial charge in [0.25, 0.3) is 5.91 Å². The van der Waals surface area contributed by atoms with Crippen molar-refractivity contribution in [2.45, 2.75) is 13.0 Å². The molecule has 1 saturated heterocycles. The zero-order valence-corrected chi connectivity index (χ0v) is 17.6. The van der Waals surface area contributed by atoms with E-state index in [1.165, 1.54) is 10.8 Å². The molecule has 31 heavy (non-hydrogen) atoms. The summed E-state index contributed by atoms with van der Waals surface area (Å²) < 4.78 is 7.03. The van der Waals surface area contributed by atoms with Crippen molar-refractivity contribution in [3.05, 3.63) is 47.1 Å². The van der Waals surface area contributed by atoms with Gasteiger partial charge in [-0.3, -0.25) is 4.79 Å². The summed E-state index contributed by atoms with van der Waals surface area (Å²) in [5, 5.41) is 12.6. The highest BCUT2D eigenvalue weighted by atomic mass is 35.5. The zero-order valence-electron chi connectivity index (χ0n) is 16.9. The van der Waals surface area contributed by atoms with Crippen LogP contribution in [0.1, 0.15) is 17.3 Å². The lowest BCUT2D eigenvalue weighted by molar-refractivity contribution is 0.0985. The molecule has 4 rings (SSSR count). The van der Waals surface area contributed by atoms with Crippen LogP contribution in [0, 0.1) is 5.41 Å². The molecule has 9 nitrogen and oxygen atoms in total. The standard InChI is InChI=1S/C21H22ClN7O2/c1-12-11-31-8-7-28(12)18-9-14(13-3-2-4-16(22)19(13)20(25)30)15-10-26-29(21(15)27-18)17(24)5-6-23/h2-6,9-10,12,23H,7-8,11,24H2,1H3,(H2,25,30)/b17-5+,23-6?/t12-/m1/s1. The van der Waals surface area contributed by atoms with E-state index in [1.807, 2.05) is 6.07 Å². The Morgan fingerprint density at radius 1 is 1.35 bits per heavy atom. The quantitative estimate of drug-likeness (QED) is 0.522. The van der Waals surface area contributed by atoms with Gasteiger partial charge in [-0.1, -0.05) is 23.7 Å². The largest absolute Gasteiger partial charge is 0.384 e. The molecule has 0 aliphatic carbocycles. The van der Waals surface area contributed by atoms with Gasteiger partial charge >= 0.3 is 0 Å². The van der Waals surface area contributed by atoms with Gasteiger partial charge in [0.1, 0.15) is 11.6 Å². The molecule has 1 amide bonds.